The maximum Gasteiger partial charge on any atom is 0.261 e. The molecule has 0 saturated carbocycles. The van der Waals surface area contributed by atoms with E-state index in [4.69, 9.17) is 4.99 Å². The number of rotatable bonds is 3. The molecule has 0 fully saturated rings. The van der Waals surface area contributed by atoms with Crippen molar-refractivity contribution in [2.24, 2.45) is 4.99 Å². The quantitative estimate of drug-likeness (QED) is 0.866. The van der Waals surface area contributed by atoms with Gasteiger partial charge in [0.25, 0.3) is 5.91 Å². The van der Waals surface area contributed by atoms with Crippen LogP contribution in [0.15, 0.2) is 65.7 Å². The number of amides is 1. The fourth-order valence-corrected chi connectivity index (χ4v) is 3.30. The summed E-state index contributed by atoms with van der Waals surface area (Å²) in [6.07, 6.45) is 1.96. The Balaban J connectivity index is 1.94. The van der Waals surface area contributed by atoms with Crippen LogP contribution < -0.4 is 0 Å². The maximum atomic E-state index is 13.0. The van der Waals surface area contributed by atoms with Crippen molar-refractivity contribution in [3.8, 4) is 0 Å². The lowest BCUT2D eigenvalue weighted by atomic mass is 9.92. The predicted octanol–water partition coefficient (Wildman–Crippen LogP) is 3.66. The summed E-state index contributed by atoms with van der Waals surface area (Å²) in [5.74, 6) is 0.0342. The van der Waals surface area contributed by atoms with E-state index in [0.717, 1.165) is 16.3 Å². The molecule has 3 rings (SSSR count). The first kappa shape index (κ1) is 14.9. The fraction of sp³-hybridized carbons (Fsp3) is 0.222. The summed E-state index contributed by atoms with van der Waals surface area (Å²) >= 11 is 1.52. The van der Waals surface area contributed by atoms with E-state index in [2.05, 4.69) is 0 Å². The normalized spacial score (nSPS) is 21.1. The minimum atomic E-state index is -0.825. The van der Waals surface area contributed by atoms with Gasteiger partial charge in [-0.25, -0.2) is 4.99 Å². The van der Waals surface area contributed by atoms with Crippen LogP contribution in [0.4, 0.5) is 0 Å². The molecule has 112 valence electrons. The van der Waals surface area contributed by atoms with Crippen molar-refractivity contribution in [2.45, 2.75) is 19.0 Å². The van der Waals surface area contributed by atoms with Gasteiger partial charge in [0.1, 0.15) is 0 Å². The Hall–Kier alpha value is -2.07. The second-order valence-corrected chi connectivity index (χ2v) is 6.19. The van der Waals surface area contributed by atoms with Crippen molar-refractivity contribution in [1.82, 2.24) is 4.90 Å². The first-order valence-electron chi connectivity index (χ1n) is 7.20. The first-order valence-corrected chi connectivity index (χ1v) is 8.43. The Morgan fingerprint density at radius 2 is 1.64 bits per heavy atom. The molecule has 0 saturated heterocycles. The van der Waals surface area contributed by atoms with Gasteiger partial charge in [-0.1, -0.05) is 72.4 Å². The van der Waals surface area contributed by atoms with Gasteiger partial charge in [0.05, 0.1) is 6.54 Å². The summed E-state index contributed by atoms with van der Waals surface area (Å²) < 4.78 is 0. The van der Waals surface area contributed by atoms with Crippen molar-refractivity contribution in [3.05, 3.63) is 71.8 Å². The molecule has 4 heteroatoms. The minimum Gasteiger partial charge on any atom is -0.285 e. The number of hydrogen-bond donors (Lipinski definition) is 0. The summed E-state index contributed by atoms with van der Waals surface area (Å²) in [4.78, 5) is 19.5. The van der Waals surface area contributed by atoms with Crippen LogP contribution in [0.2, 0.25) is 0 Å². The number of carbonyl (C=O) groups is 1. The molecule has 3 nitrogen and oxygen atoms in total. The van der Waals surface area contributed by atoms with E-state index >= 15 is 0 Å². The van der Waals surface area contributed by atoms with Crippen LogP contribution in [0.25, 0.3) is 0 Å². The fourth-order valence-electron chi connectivity index (χ4n) is 2.66. The number of nitrogens with zero attached hydrogens (tertiary/aromatic N) is 2. The van der Waals surface area contributed by atoms with Gasteiger partial charge in [0, 0.05) is 0 Å². The number of benzene rings is 2. The van der Waals surface area contributed by atoms with Gasteiger partial charge in [-0.05, 0) is 24.3 Å². The highest BCUT2D eigenvalue weighted by Crippen LogP contribution is 2.36. The molecule has 1 aliphatic rings. The molecule has 1 unspecified atom stereocenters. The van der Waals surface area contributed by atoms with Gasteiger partial charge in [-0.2, -0.15) is 0 Å². The van der Waals surface area contributed by atoms with Gasteiger partial charge in [-0.3, -0.25) is 9.69 Å². The predicted molar refractivity (Wildman–Crippen MR) is 91.7 cm³/mol. The zero-order valence-corrected chi connectivity index (χ0v) is 13.5. The molecular formula is C18H18N2OS. The highest BCUT2D eigenvalue weighted by atomic mass is 32.2. The van der Waals surface area contributed by atoms with Crippen molar-refractivity contribution < 1.29 is 4.79 Å². The Bertz CT molecular complexity index is 700. The van der Waals surface area contributed by atoms with E-state index in [9.17, 15) is 4.79 Å². The molecule has 0 N–H and O–H groups in total. The molecule has 1 atom stereocenters. The van der Waals surface area contributed by atoms with E-state index < -0.39 is 5.54 Å². The maximum absolute atomic E-state index is 13.0. The topological polar surface area (TPSA) is 32.7 Å². The summed E-state index contributed by atoms with van der Waals surface area (Å²) in [6, 6.07) is 19.8. The van der Waals surface area contributed by atoms with E-state index in [1.807, 2.05) is 73.8 Å². The molecule has 22 heavy (non-hydrogen) atoms. The number of amidine groups is 1. The van der Waals surface area contributed by atoms with Crippen LogP contribution in [-0.2, 0) is 16.9 Å². The van der Waals surface area contributed by atoms with E-state index in [1.165, 1.54) is 11.8 Å². The lowest BCUT2D eigenvalue weighted by Crippen LogP contribution is -2.38. The molecular weight excluding hydrogens is 292 g/mol. The van der Waals surface area contributed by atoms with Crippen molar-refractivity contribution in [2.75, 3.05) is 6.26 Å². The number of carbonyl (C=O) groups excluding carboxylic acids is 1. The first-order chi connectivity index (χ1) is 10.6. The Morgan fingerprint density at radius 1 is 1.05 bits per heavy atom. The average Bonchev–Trinajstić information content (AvgIpc) is 2.82. The van der Waals surface area contributed by atoms with Gasteiger partial charge < -0.3 is 0 Å². The van der Waals surface area contributed by atoms with Crippen LogP contribution in [0.5, 0.6) is 0 Å². The van der Waals surface area contributed by atoms with Gasteiger partial charge in [0.2, 0.25) is 0 Å². The number of thioether (sulfide) groups is 1. The van der Waals surface area contributed by atoms with Crippen LogP contribution >= 0.6 is 11.8 Å². The average molecular weight is 310 g/mol. The van der Waals surface area contributed by atoms with Gasteiger partial charge in [-0.15, -0.1) is 0 Å². The second-order valence-electron chi connectivity index (χ2n) is 5.41. The molecule has 0 aromatic heterocycles. The minimum absolute atomic E-state index is 0.0342. The van der Waals surface area contributed by atoms with Crippen molar-refractivity contribution in [3.63, 3.8) is 0 Å². The smallest absolute Gasteiger partial charge is 0.261 e. The monoisotopic (exact) mass is 310 g/mol. The highest BCUT2D eigenvalue weighted by Gasteiger charge is 2.45. The third kappa shape index (κ3) is 2.55. The SMILES string of the molecule is CSC1=NC(C)(c2ccccc2)C(=O)N1Cc1ccccc1. The van der Waals surface area contributed by atoms with E-state index in [-0.39, 0.29) is 5.91 Å². The molecule has 1 aliphatic heterocycles. The molecule has 0 spiro atoms. The standard InChI is InChI=1S/C18H18N2OS/c1-18(15-11-7-4-8-12-15)16(21)20(17(19-18)22-2)13-14-9-5-3-6-10-14/h3-12H,13H2,1-2H3. The van der Waals surface area contributed by atoms with Crippen LogP contribution in [0.1, 0.15) is 18.1 Å². The zero-order chi connectivity index (χ0) is 15.6. The molecule has 1 amide bonds. The summed E-state index contributed by atoms with van der Waals surface area (Å²) in [5, 5.41) is 0.778. The molecule has 2 aromatic rings. The third-order valence-electron chi connectivity index (χ3n) is 3.91. The summed E-state index contributed by atoms with van der Waals surface area (Å²) in [5.41, 5.74) is 1.21. The summed E-state index contributed by atoms with van der Waals surface area (Å²) in [6.45, 7) is 2.45. The molecule has 0 bridgehead atoms. The molecule has 2 aromatic carbocycles. The lowest BCUT2D eigenvalue weighted by Gasteiger charge is -2.23. The molecule has 0 aliphatic carbocycles. The Labute approximate surface area is 135 Å². The molecule has 0 radical (unpaired) electrons. The van der Waals surface area contributed by atoms with Crippen molar-refractivity contribution >= 4 is 22.8 Å². The number of hydrogen-bond acceptors (Lipinski definition) is 3. The third-order valence-corrected chi connectivity index (χ3v) is 4.59. The van der Waals surface area contributed by atoms with Gasteiger partial charge >= 0.3 is 0 Å². The van der Waals surface area contributed by atoms with E-state index in [1.54, 1.807) is 4.90 Å². The second kappa shape index (κ2) is 5.97. The van der Waals surface area contributed by atoms with Crippen LogP contribution in [0, 0.1) is 0 Å². The van der Waals surface area contributed by atoms with E-state index in [0.29, 0.717) is 6.54 Å². The van der Waals surface area contributed by atoms with Gasteiger partial charge in [0.15, 0.2) is 10.7 Å². The zero-order valence-electron chi connectivity index (χ0n) is 12.7. The Kier molecular flexibility index (Phi) is 4.03. The number of aliphatic imine (C=N–C) groups is 1. The largest absolute Gasteiger partial charge is 0.285 e. The lowest BCUT2D eigenvalue weighted by molar-refractivity contribution is -0.131. The van der Waals surface area contributed by atoms with Crippen molar-refractivity contribution in [1.29, 1.82) is 0 Å². The van der Waals surface area contributed by atoms with Crippen LogP contribution in [-0.4, -0.2) is 22.2 Å². The summed E-state index contributed by atoms with van der Waals surface area (Å²) in [7, 11) is 0. The highest BCUT2D eigenvalue weighted by molar-refractivity contribution is 8.13. The van der Waals surface area contributed by atoms with Crippen LogP contribution in [0.3, 0.4) is 0 Å². The molecule has 1 heterocycles. The Morgan fingerprint density at radius 3 is 2.23 bits per heavy atom.